The normalized spacial score (nSPS) is 10.6. The van der Waals surface area contributed by atoms with Crippen LogP contribution in [-0.4, -0.2) is 79.4 Å². The maximum absolute atomic E-state index is 10.8. The van der Waals surface area contributed by atoms with Crippen LogP contribution in [0.25, 0.3) is 0 Å². The third-order valence-corrected chi connectivity index (χ3v) is 2.12. The first-order chi connectivity index (χ1) is 9.31. The highest BCUT2D eigenvalue weighted by atomic mass is 16.6. The Kier molecular flexibility index (Phi) is 14.7. The standard InChI is InChI=1S/C12H26N2O5/c1-13-3-4-16-5-6-17-7-8-18-9-10-19-11-12(15)14-2/h13H,3-11H2,1-2H3,(H,14,15). The van der Waals surface area contributed by atoms with E-state index < -0.39 is 0 Å². The van der Waals surface area contributed by atoms with Crippen LogP contribution < -0.4 is 10.6 Å². The fourth-order valence-corrected chi connectivity index (χ4v) is 1.07. The Morgan fingerprint density at radius 1 is 0.789 bits per heavy atom. The molecule has 0 fully saturated rings. The Morgan fingerprint density at radius 3 is 1.74 bits per heavy atom. The number of carbonyl (C=O) groups is 1. The van der Waals surface area contributed by atoms with Gasteiger partial charge in [0.15, 0.2) is 0 Å². The first-order valence-corrected chi connectivity index (χ1v) is 6.47. The smallest absolute Gasteiger partial charge is 0.245 e. The summed E-state index contributed by atoms with van der Waals surface area (Å²) in [6.07, 6.45) is 0. The Bertz CT molecular complexity index is 205. The molecule has 0 unspecified atom stereocenters. The van der Waals surface area contributed by atoms with Crippen LogP contribution in [0.1, 0.15) is 0 Å². The van der Waals surface area contributed by atoms with E-state index in [1.165, 1.54) is 0 Å². The number of rotatable bonds is 14. The highest BCUT2D eigenvalue weighted by Crippen LogP contribution is 1.82. The third kappa shape index (κ3) is 15.2. The SMILES string of the molecule is CNCCOCCOCCOCCOCC(=O)NC. The van der Waals surface area contributed by atoms with Gasteiger partial charge in [0, 0.05) is 13.6 Å². The largest absolute Gasteiger partial charge is 0.378 e. The van der Waals surface area contributed by atoms with E-state index in [0.29, 0.717) is 46.2 Å². The second-order valence-corrected chi connectivity index (χ2v) is 3.67. The van der Waals surface area contributed by atoms with Crippen LogP contribution in [0, 0.1) is 0 Å². The van der Waals surface area contributed by atoms with Crippen LogP contribution >= 0.6 is 0 Å². The van der Waals surface area contributed by atoms with E-state index in [1.807, 2.05) is 7.05 Å². The van der Waals surface area contributed by atoms with Crippen molar-refractivity contribution in [1.82, 2.24) is 10.6 Å². The molecule has 0 atom stereocenters. The summed E-state index contributed by atoms with van der Waals surface area (Å²) in [5.41, 5.74) is 0. The van der Waals surface area contributed by atoms with Crippen molar-refractivity contribution in [3.63, 3.8) is 0 Å². The number of hydrogen-bond acceptors (Lipinski definition) is 6. The number of carbonyl (C=O) groups excluding carboxylic acids is 1. The maximum atomic E-state index is 10.8. The summed E-state index contributed by atoms with van der Waals surface area (Å²) in [7, 11) is 3.46. The van der Waals surface area contributed by atoms with Gasteiger partial charge in [0.1, 0.15) is 6.61 Å². The van der Waals surface area contributed by atoms with Gasteiger partial charge >= 0.3 is 0 Å². The zero-order valence-electron chi connectivity index (χ0n) is 11.9. The molecule has 0 aliphatic heterocycles. The van der Waals surface area contributed by atoms with Gasteiger partial charge in [0.2, 0.25) is 5.91 Å². The minimum absolute atomic E-state index is 0.0698. The molecule has 0 spiro atoms. The average molecular weight is 278 g/mol. The lowest BCUT2D eigenvalue weighted by molar-refractivity contribution is -0.125. The van der Waals surface area contributed by atoms with Gasteiger partial charge in [-0.15, -0.1) is 0 Å². The van der Waals surface area contributed by atoms with Crippen molar-refractivity contribution < 1.29 is 23.7 Å². The highest BCUT2D eigenvalue weighted by molar-refractivity contribution is 5.76. The molecule has 0 aliphatic rings. The van der Waals surface area contributed by atoms with Gasteiger partial charge in [-0.3, -0.25) is 4.79 Å². The molecule has 7 nitrogen and oxygen atoms in total. The molecular formula is C12H26N2O5. The fraction of sp³-hybridized carbons (Fsp3) is 0.917. The number of ether oxygens (including phenoxy) is 4. The van der Waals surface area contributed by atoms with Gasteiger partial charge in [0.05, 0.1) is 46.2 Å². The quantitative estimate of drug-likeness (QED) is 0.398. The second kappa shape index (κ2) is 15.3. The molecular weight excluding hydrogens is 252 g/mol. The molecule has 0 saturated carbocycles. The Morgan fingerprint density at radius 2 is 1.26 bits per heavy atom. The zero-order valence-corrected chi connectivity index (χ0v) is 11.9. The number of amides is 1. The second-order valence-electron chi connectivity index (χ2n) is 3.67. The number of nitrogens with one attached hydrogen (secondary N) is 2. The molecule has 0 aromatic heterocycles. The molecule has 7 heteroatoms. The van der Waals surface area contributed by atoms with Crippen LogP contribution in [0.3, 0.4) is 0 Å². The van der Waals surface area contributed by atoms with Crippen LogP contribution in [0.2, 0.25) is 0 Å². The van der Waals surface area contributed by atoms with Crippen molar-refractivity contribution in [2.24, 2.45) is 0 Å². The van der Waals surface area contributed by atoms with Gasteiger partial charge in [0.25, 0.3) is 0 Å². The van der Waals surface area contributed by atoms with Crippen LogP contribution in [-0.2, 0) is 23.7 Å². The first kappa shape index (κ1) is 18.3. The molecule has 0 rings (SSSR count). The summed E-state index contributed by atoms with van der Waals surface area (Å²) < 4.78 is 20.9. The van der Waals surface area contributed by atoms with Gasteiger partial charge in [-0.05, 0) is 7.05 Å². The lowest BCUT2D eigenvalue weighted by Gasteiger charge is -2.07. The Labute approximate surface area is 114 Å². The lowest BCUT2D eigenvalue weighted by Crippen LogP contribution is -2.24. The van der Waals surface area contributed by atoms with Crippen molar-refractivity contribution in [2.45, 2.75) is 0 Å². The highest BCUT2D eigenvalue weighted by Gasteiger charge is 1.96. The third-order valence-electron chi connectivity index (χ3n) is 2.12. The van der Waals surface area contributed by atoms with Gasteiger partial charge < -0.3 is 29.6 Å². The van der Waals surface area contributed by atoms with Gasteiger partial charge in [-0.2, -0.15) is 0 Å². The summed E-state index contributed by atoms with van der Waals surface area (Å²) >= 11 is 0. The summed E-state index contributed by atoms with van der Waals surface area (Å²) in [5, 5.41) is 5.46. The Hall–Kier alpha value is -0.730. The van der Waals surface area contributed by atoms with E-state index in [0.717, 1.165) is 6.54 Å². The molecule has 0 aromatic carbocycles. The van der Waals surface area contributed by atoms with Crippen LogP contribution in [0.5, 0.6) is 0 Å². The van der Waals surface area contributed by atoms with Crippen molar-refractivity contribution in [1.29, 1.82) is 0 Å². The lowest BCUT2D eigenvalue weighted by atomic mass is 10.6. The molecule has 0 heterocycles. The molecule has 114 valence electrons. The minimum Gasteiger partial charge on any atom is -0.378 e. The molecule has 0 radical (unpaired) electrons. The molecule has 19 heavy (non-hydrogen) atoms. The van der Waals surface area contributed by atoms with E-state index in [2.05, 4.69) is 10.6 Å². The van der Waals surface area contributed by atoms with Crippen molar-refractivity contribution in [2.75, 3.05) is 73.5 Å². The predicted octanol–water partition coefficient (Wildman–Crippen LogP) is -0.982. The first-order valence-electron chi connectivity index (χ1n) is 6.47. The predicted molar refractivity (Wildman–Crippen MR) is 71.3 cm³/mol. The molecule has 0 saturated heterocycles. The summed E-state index contributed by atoms with van der Waals surface area (Å²) in [4.78, 5) is 10.8. The molecule has 0 aromatic rings. The number of likely N-dealkylation sites (N-methyl/N-ethyl adjacent to an activating group) is 2. The van der Waals surface area contributed by atoms with E-state index in [4.69, 9.17) is 18.9 Å². The average Bonchev–Trinajstić information content (AvgIpc) is 2.43. The monoisotopic (exact) mass is 278 g/mol. The van der Waals surface area contributed by atoms with Crippen LogP contribution in [0.15, 0.2) is 0 Å². The molecule has 0 aliphatic carbocycles. The zero-order chi connectivity index (χ0) is 14.2. The Balaban J connectivity index is 2.97. The van der Waals surface area contributed by atoms with Crippen molar-refractivity contribution >= 4 is 5.91 Å². The van der Waals surface area contributed by atoms with Crippen molar-refractivity contribution in [3.05, 3.63) is 0 Å². The van der Waals surface area contributed by atoms with E-state index in [-0.39, 0.29) is 12.5 Å². The van der Waals surface area contributed by atoms with Crippen LogP contribution in [0.4, 0.5) is 0 Å². The molecule has 2 N–H and O–H groups in total. The fourth-order valence-electron chi connectivity index (χ4n) is 1.07. The minimum atomic E-state index is -0.137. The van der Waals surface area contributed by atoms with E-state index in [9.17, 15) is 4.79 Å². The van der Waals surface area contributed by atoms with E-state index in [1.54, 1.807) is 7.05 Å². The maximum Gasteiger partial charge on any atom is 0.245 e. The summed E-state index contributed by atoms with van der Waals surface area (Å²) in [6.45, 7) is 4.68. The topological polar surface area (TPSA) is 78.1 Å². The van der Waals surface area contributed by atoms with E-state index >= 15 is 0 Å². The summed E-state index contributed by atoms with van der Waals surface area (Å²) in [5.74, 6) is -0.137. The summed E-state index contributed by atoms with van der Waals surface area (Å²) in [6, 6.07) is 0. The van der Waals surface area contributed by atoms with Gasteiger partial charge in [-0.1, -0.05) is 0 Å². The molecule has 1 amide bonds. The van der Waals surface area contributed by atoms with Crippen molar-refractivity contribution in [3.8, 4) is 0 Å². The van der Waals surface area contributed by atoms with Gasteiger partial charge in [-0.25, -0.2) is 0 Å². The molecule has 0 bridgehead atoms. The number of hydrogen-bond donors (Lipinski definition) is 2.